The molecule has 13 nitrogen and oxygen atoms in total. The second-order valence-corrected chi connectivity index (χ2v) is 12.8. The summed E-state index contributed by atoms with van der Waals surface area (Å²) in [5.74, 6) is -3.27. The monoisotopic (exact) mass is 685 g/mol. The van der Waals surface area contributed by atoms with Crippen LogP contribution in [0, 0.1) is 5.92 Å². The molecular formula is C37H47N7O6. The lowest BCUT2D eigenvalue weighted by atomic mass is 9.99. The fraction of sp³-hybridized carbons (Fsp3) is 0.405. The van der Waals surface area contributed by atoms with E-state index in [1.165, 1.54) is 24.9 Å². The molecule has 0 aliphatic carbocycles. The van der Waals surface area contributed by atoms with Gasteiger partial charge in [-0.15, -0.1) is 0 Å². The average molecular weight is 686 g/mol. The van der Waals surface area contributed by atoms with E-state index in [4.69, 9.17) is 0 Å². The maximum Gasteiger partial charge on any atom is 0.267 e. The van der Waals surface area contributed by atoms with Gasteiger partial charge in [0, 0.05) is 50.5 Å². The number of para-hydroxylation sites is 1. The number of hydrogen-bond acceptors (Lipinski definition) is 6. The van der Waals surface area contributed by atoms with Crippen LogP contribution in [0.5, 0.6) is 0 Å². The molecule has 0 saturated carbocycles. The van der Waals surface area contributed by atoms with Crippen molar-refractivity contribution in [1.29, 1.82) is 0 Å². The maximum atomic E-state index is 14.1. The highest BCUT2D eigenvalue weighted by Crippen LogP contribution is 2.22. The largest absolute Gasteiger partial charge is 0.361 e. The normalized spacial score (nSPS) is 16.3. The Balaban J connectivity index is 1.51. The smallest absolute Gasteiger partial charge is 0.267 e. The summed E-state index contributed by atoms with van der Waals surface area (Å²) in [4.78, 5) is 84.1. The third-order valence-electron chi connectivity index (χ3n) is 8.80. The standard InChI is InChI=1S/C37H47N7O6/c1-6-27(33(46)38-5)41-34(47)29(19-24-13-8-7-9-14-24)42-36(49)31-17-12-18-44(31)37(50)32(22(2)3)43-35(48)30(40-23(4)45)20-25-21-39-28-16-11-10-15-26(25)28/h6-11,13-16,21-22,29-32,39H,12,17-20H2,1-5H3,(H,38,46)(H,40,45)(H,41,47)(H,42,49)(H,43,48)/b27-6-. The second kappa shape index (κ2) is 17.3. The highest BCUT2D eigenvalue weighted by molar-refractivity contribution is 6.00. The molecule has 1 aliphatic heterocycles. The van der Waals surface area contributed by atoms with Gasteiger partial charge < -0.3 is 36.5 Å². The molecule has 2 aromatic carbocycles. The van der Waals surface area contributed by atoms with Crippen LogP contribution in [0.1, 0.15) is 51.7 Å². The Kier molecular flexibility index (Phi) is 12.9. The van der Waals surface area contributed by atoms with Crippen LogP contribution in [-0.4, -0.2) is 83.1 Å². The zero-order chi connectivity index (χ0) is 36.4. The molecule has 0 radical (unpaired) electrons. The fourth-order valence-corrected chi connectivity index (χ4v) is 6.17. The van der Waals surface area contributed by atoms with Crippen LogP contribution < -0.4 is 26.6 Å². The van der Waals surface area contributed by atoms with Crippen molar-refractivity contribution in [3.05, 3.63) is 83.7 Å². The van der Waals surface area contributed by atoms with E-state index < -0.39 is 53.7 Å². The first-order valence-corrected chi connectivity index (χ1v) is 16.9. The predicted octanol–water partition coefficient (Wildman–Crippen LogP) is 1.84. The highest BCUT2D eigenvalue weighted by atomic mass is 16.2. The van der Waals surface area contributed by atoms with Gasteiger partial charge in [0.1, 0.15) is 29.9 Å². The van der Waals surface area contributed by atoms with Crippen molar-refractivity contribution in [2.75, 3.05) is 13.6 Å². The minimum absolute atomic E-state index is 0.0419. The number of allylic oxidation sites excluding steroid dienone is 1. The van der Waals surface area contributed by atoms with Crippen LogP contribution in [0.25, 0.3) is 10.9 Å². The summed E-state index contributed by atoms with van der Waals surface area (Å²) >= 11 is 0. The van der Waals surface area contributed by atoms with Crippen molar-refractivity contribution >= 4 is 46.3 Å². The first-order valence-electron chi connectivity index (χ1n) is 16.9. The molecule has 266 valence electrons. The molecule has 3 aromatic rings. The van der Waals surface area contributed by atoms with E-state index in [9.17, 15) is 28.8 Å². The predicted molar refractivity (Wildman–Crippen MR) is 189 cm³/mol. The molecule has 4 rings (SSSR count). The van der Waals surface area contributed by atoms with E-state index in [1.807, 2.05) is 54.6 Å². The summed E-state index contributed by atoms with van der Waals surface area (Å²) in [6, 6.07) is 12.9. The molecule has 0 spiro atoms. The van der Waals surface area contributed by atoms with E-state index in [0.29, 0.717) is 12.8 Å². The number of nitrogens with zero attached hydrogens (tertiary/aromatic N) is 1. The van der Waals surface area contributed by atoms with Crippen LogP contribution in [0.4, 0.5) is 0 Å². The zero-order valence-electron chi connectivity index (χ0n) is 29.2. The first-order chi connectivity index (χ1) is 23.9. The van der Waals surface area contributed by atoms with Gasteiger partial charge in [0.15, 0.2) is 0 Å². The number of carbonyl (C=O) groups is 6. The number of H-pyrrole nitrogens is 1. The van der Waals surface area contributed by atoms with Crippen molar-refractivity contribution < 1.29 is 28.8 Å². The average Bonchev–Trinajstić information content (AvgIpc) is 3.76. The van der Waals surface area contributed by atoms with E-state index in [-0.39, 0.29) is 36.9 Å². The van der Waals surface area contributed by atoms with Crippen LogP contribution in [0.2, 0.25) is 0 Å². The van der Waals surface area contributed by atoms with Crippen molar-refractivity contribution in [2.45, 2.75) is 77.5 Å². The number of nitrogens with one attached hydrogen (secondary N) is 6. The summed E-state index contributed by atoms with van der Waals surface area (Å²) in [6.45, 7) is 6.83. The molecule has 50 heavy (non-hydrogen) atoms. The van der Waals surface area contributed by atoms with Crippen LogP contribution in [0.15, 0.2) is 72.6 Å². The number of likely N-dealkylation sites (tertiary alicyclic amines) is 1. The minimum Gasteiger partial charge on any atom is -0.361 e. The lowest BCUT2D eigenvalue weighted by molar-refractivity contribution is -0.143. The van der Waals surface area contributed by atoms with E-state index in [1.54, 1.807) is 27.0 Å². The summed E-state index contributed by atoms with van der Waals surface area (Å²) in [6.07, 6.45) is 4.52. The van der Waals surface area contributed by atoms with E-state index >= 15 is 0 Å². The number of rotatable bonds is 14. The zero-order valence-corrected chi connectivity index (χ0v) is 29.2. The van der Waals surface area contributed by atoms with Gasteiger partial charge in [-0.1, -0.05) is 68.5 Å². The van der Waals surface area contributed by atoms with Gasteiger partial charge in [0.2, 0.25) is 29.5 Å². The molecule has 6 amide bonds. The Morgan fingerprint density at radius 2 is 1.58 bits per heavy atom. The maximum absolute atomic E-state index is 14.1. The lowest BCUT2D eigenvalue weighted by Gasteiger charge is -2.32. The Labute approximate surface area is 292 Å². The Hall–Kier alpha value is -5.46. The number of benzene rings is 2. The van der Waals surface area contributed by atoms with Crippen LogP contribution in [0.3, 0.4) is 0 Å². The topological polar surface area (TPSA) is 182 Å². The lowest BCUT2D eigenvalue weighted by Crippen LogP contribution is -2.59. The molecule has 13 heteroatoms. The Bertz CT molecular complexity index is 1730. The highest BCUT2D eigenvalue weighted by Gasteiger charge is 2.40. The SMILES string of the molecule is C/C=C(\NC(=O)C(Cc1ccccc1)NC(=O)C1CCCN1C(=O)C(NC(=O)C(Cc1c[nH]c2ccccc12)NC(C)=O)C(C)C)C(=O)NC. The van der Waals surface area contributed by atoms with Gasteiger partial charge >= 0.3 is 0 Å². The quantitative estimate of drug-likeness (QED) is 0.141. The molecule has 2 heterocycles. The van der Waals surface area contributed by atoms with Crippen molar-refractivity contribution in [3.63, 3.8) is 0 Å². The van der Waals surface area contributed by atoms with Crippen molar-refractivity contribution in [3.8, 4) is 0 Å². The number of hydrogen-bond donors (Lipinski definition) is 6. The number of aromatic amines is 1. The molecule has 0 bridgehead atoms. The van der Waals surface area contributed by atoms with Gasteiger partial charge in [-0.05, 0) is 42.9 Å². The minimum atomic E-state index is -1.05. The van der Waals surface area contributed by atoms with Gasteiger partial charge in [-0.3, -0.25) is 28.8 Å². The Morgan fingerprint density at radius 1 is 0.900 bits per heavy atom. The third-order valence-corrected chi connectivity index (χ3v) is 8.80. The number of likely N-dealkylation sites (N-methyl/N-ethyl adjacent to an activating group) is 1. The number of aromatic nitrogens is 1. The summed E-state index contributed by atoms with van der Waals surface area (Å²) < 4.78 is 0. The van der Waals surface area contributed by atoms with Gasteiger partial charge in [0.25, 0.3) is 5.91 Å². The summed E-state index contributed by atoms with van der Waals surface area (Å²) in [7, 11) is 1.45. The van der Waals surface area contributed by atoms with Gasteiger partial charge in [-0.2, -0.15) is 0 Å². The summed E-state index contributed by atoms with van der Waals surface area (Å²) in [5, 5.41) is 14.4. The fourth-order valence-electron chi connectivity index (χ4n) is 6.17. The molecule has 6 N–H and O–H groups in total. The number of fused-ring (bicyclic) bond motifs is 1. The molecule has 1 saturated heterocycles. The molecule has 1 aromatic heterocycles. The van der Waals surface area contributed by atoms with E-state index in [0.717, 1.165) is 22.0 Å². The van der Waals surface area contributed by atoms with Gasteiger partial charge in [0.05, 0.1) is 0 Å². The third kappa shape index (κ3) is 9.36. The van der Waals surface area contributed by atoms with Crippen molar-refractivity contribution in [2.24, 2.45) is 5.92 Å². The molecular weight excluding hydrogens is 638 g/mol. The number of carbonyl (C=O) groups excluding carboxylic acids is 6. The molecule has 1 fully saturated rings. The molecule has 4 atom stereocenters. The van der Waals surface area contributed by atoms with E-state index in [2.05, 4.69) is 31.6 Å². The Morgan fingerprint density at radius 3 is 2.24 bits per heavy atom. The molecule has 4 unspecified atom stereocenters. The van der Waals surface area contributed by atoms with Gasteiger partial charge in [-0.25, -0.2) is 0 Å². The molecule has 1 aliphatic rings. The van der Waals surface area contributed by atoms with Crippen molar-refractivity contribution in [1.82, 2.24) is 36.5 Å². The van der Waals surface area contributed by atoms with Crippen LogP contribution in [-0.2, 0) is 41.6 Å². The van der Waals surface area contributed by atoms with Crippen LogP contribution >= 0.6 is 0 Å². The first kappa shape index (κ1) is 37.4. The number of amides is 6. The second-order valence-electron chi connectivity index (χ2n) is 12.8. The summed E-state index contributed by atoms with van der Waals surface area (Å²) in [5.41, 5.74) is 2.57.